The van der Waals surface area contributed by atoms with Crippen molar-refractivity contribution in [3.05, 3.63) is 29.0 Å². The van der Waals surface area contributed by atoms with Gasteiger partial charge < -0.3 is 25.9 Å². The summed E-state index contributed by atoms with van der Waals surface area (Å²) in [6, 6.07) is 3.35. The fourth-order valence-corrected chi connectivity index (χ4v) is 4.73. The normalized spacial score (nSPS) is 19.1. The number of primary amides is 1. The number of urea groups is 1. The van der Waals surface area contributed by atoms with Crippen LogP contribution in [0.2, 0.25) is 0 Å². The van der Waals surface area contributed by atoms with Crippen LogP contribution < -0.4 is 16.4 Å². The summed E-state index contributed by atoms with van der Waals surface area (Å²) in [5.41, 5.74) is 7.22. The number of anilines is 1. The van der Waals surface area contributed by atoms with E-state index in [1.165, 1.54) is 0 Å². The number of aliphatic hydroxyl groups is 1. The zero-order valence-electron chi connectivity index (χ0n) is 15.5. The van der Waals surface area contributed by atoms with Gasteiger partial charge in [-0.2, -0.15) is 0 Å². The van der Waals surface area contributed by atoms with Crippen molar-refractivity contribution in [1.82, 2.24) is 5.32 Å². The number of nitrogens with two attached hydrogens (primary N) is 1. The number of rotatable bonds is 5. The molecule has 2 heterocycles. The Morgan fingerprint density at radius 2 is 2.07 bits per heavy atom. The van der Waals surface area contributed by atoms with Gasteiger partial charge in [0.25, 0.3) is 5.91 Å². The van der Waals surface area contributed by atoms with Gasteiger partial charge in [0.2, 0.25) is 0 Å². The number of halogens is 1. The summed E-state index contributed by atoms with van der Waals surface area (Å²) >= 11 is 5.67. The van der Waals surface area contributed by atoms with Crippen LogP contribution in [-0.2, 0) is 12.0 Å². The van der Waals surface area contributed by atoms with Gasteiger partial charge in [0, 0.05) is 10.9 Å². The molecule has 1 unspecified atom stereocenters. The van der Waals surface area contributed by atoms with E-state index in [1.807, 2.05) is 6.07 Å². The van der Waals surface area contributed by atoms with Gasteiger partial charge >= 0.3 is 6.03 Å². The smallest absolute Gasteiger partial charge is 0.319 e. The molecular formula is C20H24ClN3O4. The van der Waals surface area contributed by atoms with E-state index < -0.39 is 17.0 Å². The molecule has 5 N–H and O–H groups in total. The Morgan fingerprint density at radius 3 is 2.75 bits per heavy atom. The number of hydrogen-bond donors (Lipinski definition) is 4. The molecule has 1 aromatic heterocycles. The van der Waals surface area contributed by atoms with Crippen LogP contribution in [0.25, 0.3) is 11.0 Å². The number of amides is 3. The Morgan fingerprint density at radius 1 is 1.32 bits per heavy atom. The molecular weight excluding hydrogens is 382 g/mol. The van der Waals surface area contributed by atoms with Crippen molar-refractivity contribution in [1.29, 1.82) is 0 Å². The van der Waals surface area contributed by atoms with E-state index in [2.05, 4.69) is 10.6 Å². The van der Waals surface area contributed by atoms with Gasteiger partial charge in [0.1, 0.15) is 11.1 Å². The molecule has 28 heavy (non-hydrogen) atoms. The topological polar surface area (TPSA) is 118 Å². The van der Waals surface area contributed by atoms with Gasteiger partial charge in [0.05, 0.1) is 11.2 Å². The fraction of sp³-hybridized carbons (Fsp3) is 0.500. The Hall–Kier alpha value is -2.25. The molecule has 2 aliphatic rings. The lowest BCUT2D eigenvalue weighted by Crippen LogP contribution is -2.53. The van der Waals surface area contributed by atoms with Crippen LogP contribution >= 0.6 is 11.6 Å². The van der Waals surface area contributed by atoms with E-state index in [4.69, 9.17) is 21.8 Å². The molecule has 0 saturated heterocycles. The minimum absolute atomic E-state index is 0.105. The summed E-state index contributed by atoms with van der Waals surface area (Å²) in [7, 11) is 0. The average molecular weight is 406 g/mol. The number of aliphatic hydroxyl groups excluding tert-OH is 1. The molecule has 1 aromatic carbocycles. The highest BCUT2D eigenvalue weighted by molar-refractivity contribution is 6.19. The van der Waals surface area contributed by atoms with Gasteiger partial charge in [-0.1, -0.05) is 30.9 Å². The Balaban J connectivity index is 1.90. The quantitative estimate of drug-likeness (QED) is 0.567. The van der Waals surface area contributed by atoms with Crippen LogP contribution in [0.1, 0.15) is 66.6 Å². The number of furan rings is 1. The zero-order valence-corrected chi connectivity index (χ0v) is 16.3. The van der Waals surface area contributed by atoms with E-state index in [0.717, 1.165) is 54.3 Å². The first-order chi connectivity index (χ1) is 13.4. The molecule has 1 atom stereocenters. The van der Waals surface area contributed by atoms with E-state index in [0.29, 0.717) is 24.8 Å². The molecule has 4 rings (SSSR count). The lowest BCUT2D eigenvalue weighted by molar-refractivity contribution is 0.0975. The second-order valence-corrected chi connectivity index (χ2v) is 8.23. The number of carbonyl (C=O) groups is 2. The second-order valence-electron chi connectivity index (χ2n) is 7.73. The molecule has 3 amide bonds. The third-order valence-corrected chi connectivity index (χ3v) is 6.02. The average Bonchev–Trinajstić information content (AvgIpc) is 3.05. The molecule has 8 heteroatoms. The molecule has 150 valence electrons. The molecule has 7 nitrogen and oxygen atoms in total. The zero-order chi connectivity index (χ0) is 19.9. The van der Waals surface area contributed by atoms with Crippen molar-refractivity contribution in [2.75, 3.05) is 5.32 Å². The molecule has 1 spiro atoms. The summed E-state index contributed by atoms with van der Waals surface area (Å²) < 4.78 is 5.86. The predicted octanol–water partition coefficient (Wildman–Crippen LogP) is 3.71. The minimum Gasteiger partial charge on any atom is -0.450 e. The third-order valence-electron chi connectivity index (χ3n) is 5.80. The minimum atomic E-state index is -0.893. The molecule has 1 aliphatic carbocycles. The van der Waals surface area contributed by atoms with Crippen molar-refractivity contribution < 1.29 is 19.1 Å². The van der Waals surface area contributed by atoms with E-state index >= 15 is 0 Å². The SMILES string of the molecule is NC(=O)c1cc2cc(CCCC(O)Cl)c3c(c2o1)C1(CCCCC1)NC(=O)N3. The number of hydrogen-bond acceptors (Lipinski definition) is 4. The molecule has 0 radical (unpaired) electrons. The highest BCUT2D eigenvalue weighted by atomic mass is 35.5. The van der Waals surface area contributed by atoms with Crippen LogP contribution in [-0.4, -0.2) is 22.6 Å². The highest BCUT2D eigenvalue weighted by Crippen LogP contribution is 2.48. The van der Waals surface area contributed by atoms with Crippen LogP contribution in [0, 0.1) is 0 Å². The van der Waals surface area contributed by atoms with Crippen molar-refractivity contribution in [3.63, 3.8) is 0 Å². The molecule has 0 bridgehead atoms. The number of fused-ring (bicyclic) bond motifs is 4. The Kier molecular flexibility index (Phi) is 4.97. The van der Waals surface area contributed by atoms with Crippen LogP contribution in [0.3, 0.4) is 0 Å². The monoisotopic (exact) mass is 405 g/mol. The van der Waals surface area contributed by atoms with Gasteiger partial charge in [-0.3, -0.25) is 4.79 Å². The number of aryl methyl sites for hydroxylation is 1. The van der Waals surface area contributed by atoms with Crippen molar-refractivity contribution in [3.8, 4) is 0 Å². The Bertz CT molecular complexity index is 931. The fourth-order valence-electron chi connectivity index (χ4n) is 4.58. The van der Waals surface area contributed by atoms with Crippen molar-refractivity contribution >= 4 is 40.2 Å². The summed E-state index contributed by atoms with van der Waals surface area (Å²) in [5.74, 6) is -0.518. The summed E-state index contributed by atoms with van der Waals surface area (Å²) in [6.07, 6.45) is 6.53. The molecule has 1 aliphatic heterocycles. The maximum absolute atomic E-state index is 12.5. The number of benzene rings is 1. The third kappa shape index (κ3) is 3.33. The van der Waals surface area contributed by atoms with Gasteiger partial charge in [-0.15, -0.1) is 0 Å². The predicted molar refractivity (Wildman–Crippen MR) is 106 cm³/mol. The maximum Gasteiger partial charge on any atom is 0.319 e. The molecule has 1 saturated carbocycles. The number of nitrogens with one attached hydrogen (secondary N) is 2. The van der Waals surface area contributed by atoms with Gasteiger partial charge in [0.15, 0.2) is 5.76 Å². The number of carbonyl (C=O) groups excluding carboxylic acids is 2. The van der Waals surface area contributed by atoms with Crippen LogP contribution in [0.4, 0.5) is 10.5 Å². The summed E-state index contributed by atoms with van der Waals surface area (Å²) in [4.78, 5) is 24.2. The standard InChI is InChI=1S/C20H24ClN3O4/c21-14(25)6-4-5-11-9-12-10-13(18(22)26)28-17(12)15-16(11)23-19(27)24-20(15)7-2-1-3-8-20/h9-10,14,25H,1-8H2,(H2,22,26)(H2,23,24,27). The number of alkyl halides is 1. The van der Waals surface area contributed by atoms with Gasteiger partial charge in [-0.05, 0) is 49.8 Å². The largest absolute Gasteiger partial charge is 0.450 e. The first kappa shape index (κ1) is 19.1. The lowest BCUT2D eigenvalue weighted by atomic mass is 9.73. The lowest BCUT2D eigenvalue weighted by Gasteiger charge is -2.43. The maximum atomic E-state index is 12.5. The van der Waals surface area contributed by atoms with Crippen molar-refractivity contribution in [2.24, 2.45) is 5.73 Å². The second kappa shape index (κ2) is 7.29. The van der Waals surface area contributed by atoms with E-state index in [-0.39, 0.29) is 11.8 Å². The Labute approximate surface area is 167 Å². The van der Waals surface area contributed by atoms with Crippen LogP contribution in [0.5, 0.6) is 0 Å². The first-order valence-corrected chi connectivity index (χ1v) is 10.1. The summed E-state index contributed by atoms with van der Waals surface area (Å²) in [6.45, 7) is 0. The highest BCUT2D eigenvalue weighted by Gasteiger charge is 2.43. The van der Waals surface area contributed by atoms with Gasteiger partial charge in [-0.25, -0.2) is 4.79 Å². The van der Waals surface area contributed by atoms with Crippen molar-refractivity contribution in [2.45, 2.75) is 62.5 Å². The molecule has 1 fully saturated rings. The summed E-state index contributed by atoms with van der Waals surface area (Å²) in [5, 5.41) is 16.2. The molecule has 2 aromatic rings. The van der Waals surface area contributed by atoms with E-state index in [9.17, 15) is 14.7 Å². The van der Waals surface area contributed by atoms with Crippen LogP contribution in [0.15, 0.2) is 16.5 Å². The van der Waals surface area contributed by atoms with E-state index in [1.54, 1.807) is 6.07 Å². The first-order valence-electron chi connectivity index (χ1n) is 9.71.